The van der Waals surface area contributed by atoms with Gasteiger partial charge in [-0.25, -0.2) is 4.79 Å². The Morgan fingerprint density at radius 3 is 2.47 bits per heavy atom. The summed E-state index contributed by atoms with van der Waals surface area (Å²) in [6, 6.07) is 15.8. The van der Waals surface area contributed by atoms with Crippen molar-refractivity contribution in [3.05, 3.63) is 70.2 Å². The van der Waals surface area contributed by atoms with E-state index in [2.05, 4.69) is 39.7 Å². The first-order valence-corrected chi connectivity index (χ1v) is 11.2. The molecular formula is C25H28BrNO3. The summed E-state index contributed by atoms with van der Waals surface area (Å²) in [4.78, 5) is 27.0. The molecule has 2 aromatic rings. The van der Waals surface area contributed by atoms with Gasteiger partial charge >= 0.3 is 5.97 Å². The molecule has 4 nitrogen and oxygen atoms in total. The number of amides is 1. The molecule has 0 saturated heterocycles. The highest BCUT2D eigenvalue weighted by Gasteiger charge is 2.30. The van der Waals surface area contributed by atoms with E-state index in [-0.39, 0.29) is 17.9 Å². The van der Waals surface area contributed by atoms with Gasteiger partial charge in [0, 0.05) is 22.2 Å². The maximum atomic E-state index is 13.6. The molecule has 1 fully saturated rings. The first-order valence-electron chi connectivity index (χ1n) is 10.4. The zero-order chi connectivity index (χ0) is 21.5. The van der Waals surface area contributed by atoms with E-state index in [9.17, 15) is 9.59 Å². The van der Waals surface area contributed by atoms with Gasteiger partial charge in [-0.1, -0.05) is 59.5 Å². The van der Waals surface area contributed by atoms with Crippen molar-refractivity contribution in [1.82, 2.24) is 0 Å². The Kier molecular flexibility index (Phi) is 7.86. The molecule has 2 aromatic carbocycles. The number of hydrogen-bond donors (Lipinski definition) is 0. The molecule has 0 radical (unpaired) electrons. The summed E-state index contributed by atoms with van der Waals surface area (Å²) in [5.41, 5.74) is 2.77. The summed E-state index contributed by atoms with van der Waals surface area (Å²) in [7, 11) is 1.35. The number of carbonyl (C=O) groups is 2. The van der Waals surface area contributed by atoms with E-state index in [1.165, 1.54) is 19.6 Å². The molecule has 1 aliphatic rings. The number of ether oxygens (including phenoxy) is 1. The molecule has 30 heavy (non-hydrogen) atoms. The van der Waals surface area contributed by atoms with Crippen molar-refractivity contribution in [3.8, 4) is 0 Å². The average molecular weight is 470 g/mol. The summed E-state index contributed by atoms with van der Waals surface area (Å²) in [6.45, 7) is 2.07. The van der Waals surface area contributed by atoms with Crippen molar-refractivity contribution < 1.29 is 14.3 Å². The average Bonchev–Trinajstić information content (AvgIpc) is 2.78. The van der Waals surface area contributed by atoms with Gasteiger partial charge in [-0.05, 0) is 61.2 Å². The molecule has 0 N–H and O–H groups in total. The van der Waals surface area contributed by atoms with Crippen molar-refractivity contribution in [1.29, 1.82) is 0 Å². The van der Waals surface area contributed by atoms with E-state index in [1.54, 1.807) is 6.08 Å². The number of benzene rings is 2. The molecule has 0 aromatic heterocycles. The Balaban J connectivity index is 1.96. The molecule has 1 atom stereocenters. The minimum absolute atomic E-state index is 0.0610. The van der Waals surface area contributed by atoms with E-state index in [1.807, 2.05) is 41.3 Å². The Hall–Kier alpha value is -2.40. The molecule has 0 aliphatic heterocycles. The van der Waals surface area contributed by atoms with Gasteiger partial charge in [0.1, 0.15) is 0 Å². The lowest BCUT2D eigenvalue weighted by Gasteiger charge is -2.34. The fourth-order valence-electron chi connectivity index (χ4n) is 3.99. The molecule has 5 heteroatoms. The molecule has 0 spiro atoms. The van der Waals surface area contributed by atoms with Gasteiger partial charge in [-0.2, -0.15) is 0 Å². The quantitative estimate of drug-likeness (QED) is 0.367. The highest BCUT2D eigenvalue weighted by Crippen LogP contribution is 2.34. The first kappa shape index (κ1) is 22.3. The maximum Gasteiger partial charge on any atom is 0.330 e. The lowest BCUT2D eigenvalue weighted by atomic mass is 9.87. The Bertz CT molecular complexity index is 901. The Morgan fingerprint density at radius 2 is 1.80 bits per heavy atom. The van der Waals surface area contributed by atoms with Crippen LogP contribution in [0.5, 0.6) is 0 Å². The summed E-state index contributed by atoms with van der Waals surface area (Å²) >= 11 is 3.49. The van der Waals surface area contributed by atoms with E-state index >= 15 is 0 Å². The number of carbonyl (C=O) groups excluding carboxylic acids is 2. The van der Waals surface area contributed by atoms with Crippen molar-refractivity contribution in [2.75, 3.05) is 12.0 Å². The highest BCUT2D eigenvalue weighted by atomic mass is 79.9. The molecule has 1 unspecified atom stereocenters. The summed E-state index contributed by atoms with van der Waals surface area (Å²) in [5, 5.41) is 0. The zero-order valence-electron chi connectivity index (χ0n) is 17.5. The van der Waals surface area contributed by atoms with Gasteiger partial charge in [0.15, 0.2) is 0 Å². The molecular weight excluding hydrogens is 442 g/mol. The van der Waals surface area contributed by atoms with Crippen LogP contribution in [-0.2, 0) is 14.3 Å². The predicted molar refractivity (Wildman–Crippen MR) is 124 cm³/mol. The standard InChI is InChI=1S/C25H28BrNO3/c1-18(20-12-14-22(26)15-13-20)27(25(29)21-8-4-3-5-9-21)23-10-6-7-19(17-23)11-16-24(28)30-2/h6-7,10-18,21H,3-5,8-9H2,1-2H3/b16-11+. The fourth-order valence-corrected chi connectivity index (χ4v) is 4.25. The number of nitrogens with zero attached hydrogens (tertiary/aromatic N) is 1. The molecule has 158 valence electrons. The van der Waals surface area contributed by atoms with E-state index in [4.69, 9.17) is 0 Å². The lowest BCUT2D eigenvalue weighted by Crippen LogP contribution is -2.39. The number of esters is 1. The van der Waals surface area contributed by atoms with Crippen LogP contribution in [0.1, 0.15) is 56.2 Å². The molecule has 1 amide bonds. The third-order valence-corrected chi connectivity index (χ3v) is 6.22. The lowest BCUT2D eigenvalue weighted by molar-refractivity contribution is -0.134. The van der Waals surface area contributed by atoms with Gasteiger partial charge in [-0.15, -0.1) is 0 Å². The third kappa shape index (κ3) is 5.60. The monoisotopic (exact) mass is 469 g/mol. The van der Waals surface area contributed by atoms with Gasteiger partial charge in [0.25, 0.3) is 0 Å². The number of halogens is 1. The second kappa shape index (κ2) is 10.6. The molecule has 0 heterocycles. The number of methoxy groups -OCH3 is 1. The van der Waals surface area contributed by atoms with Crippen molar-refractivity contribution in [2.45, 2.75) is 45.1 Å². The fraction of sp³-hybridized carbons (Fsp3) is 0.360. The molecule has 3 rings (SSSR count). The Labute approximate surface area is 187 Å². The normalized spacial score (nSPS) is 15.7. The topological polar surface area (TPSA) is 46.6 Å². The SMILES string of the molecule is COC(=O)/C=C/c1cccc(N(C(=O)C2CCCCC2)C(C)c2ccc(Br)cc2)c1. The first-order chi connectivity index (χ1) is 14.5. The number of anilines is 1. The number of rotatable bonds is 6. The van der Waals surface area contributed by atoms with E-state index in [0.717, 1.165) is 47.0 Å². The summed E-state index contributed by atoms with van der Waals surface area (Å²) in [6.07, 6.45) is 8.43. The van der Waals surface area contributed by atoms with Crippen LogP contribution in [0.4, 0.5) is 5.69 Å². The van der Waals surface area contributed by atoms with Gasteiger partial charge in [0.2, 0.25) is 5.91 Å². The molecule has 1 aliphatic carbocycles. The maximum absolute atomic E-state index is 13.6. The largest absolute Gasteiger partial charge is 0.466 e. The molecule has 1 saturated carbocycles. The second-order valence-electron chi connectivity index (χ2n) is 7.72. The summed E-state index contributed by atoms with van der Waals surface area (Å²) < 4.78 is 5.69. The van der Waals surface area contributed by atoms with Gasteiger partial charge in [0.05, 0.1) is 13.2 Å². The van der Waals surface area contributed by atoms with Crippen LogP contribution in [0.2, 0.25) is 0 Å². The third-order valence-electron chi connectivity index (χ3n) is 5.69. The Morgan fingerprint density at radius 1 is 1.10 bits per heavy atom. The van der Waals surface area contributed by atoms with Crippen LogP contribution in [0.3, 0.4) is 0 Å². The predicted octanol–water partition coefficient (Wildman–Crippen LogP) is 6.31. The minimum Gasteiger partial charge on any atom is -0.466 e. The molecule has 0 bridgehead atoms. The van der Waals surface area contributed by atoms with Crippen molar-refractivity contribution in [3.63, 3.8) is 0 Å². The van der Waals surface area contributed by atoms with Gasteiger partial charge in [-0.3, -0.25) is 4.79 Å². The van der Waals surface area contributed by atoms with Crippen LogP contribution in [0.25, 0.3) is 6.08 Å². The smallest absolute Gasteiger partial charge is 0.330 e. The van der Waals surface area contributed by atoms with Crippen LogP contribution in [0.15, 0.2) is 59.1 Å². The van der Waals surface area contributed by atoms with Crippen LogP contribution >= 0.6 is 15.9 Å². The van der Waals surface area contributed by atoms with Crippen molar-refractivity contribution >= 4 is 39.6 Å². The second-order valence-corrected chi connectivity index (χ2v) is 8.64. The van der Waals surface area contributed by atoms with Crippen LogP contribution in [-0.4, -0.2) is 19.0 Å². The highest BCUT2D eigenvalue weighted by molar-refractivity contribution is 9.10. The van der Waals surface area contributed by atoms with Crippen LogP contribution in [0, 0.1) is 5.92 Å². The zero-order valence-corrected chi connectivity index (χ0v) is 19.1. The summed E-state index contributed by atoms with van der Waals surface area (Å²) in [5.74, 6) is -0.163. The van der Waals surface area contributed by atoms with E-state index in [0.29, 0.717) is 0 Å². The van der Waals surface area contributed by atoms with Crippen molar-refractivity contribution in [2.24, 2.45) is 5.92 Å². The van der Waals surface area contributed by atoms with E-state index < -0.39 is 5.97 Å². The van der Waals surface area contributed by atoms with Gasteiger partial charge < -0.3 is 9.64 Å². The minimum atomic E-state index is -0.404. The van der Waals surface area contributed by atoms with Crippen LogP contribution < -0.4 is 4.90 Å². The number of hydrogen-bond acceptors (Lipinski definition) is 3.